The average Bonchev–Trinajstić information content (AvgIpc) is 3.00. The van der Waals surface area contributed by atoms with Crippen molar-refractivity contribution in [2.75, 3.05) is 0 Å². The predicted molar refractivity (Wildman–Crippen MR) is 71.8 cm³/mol. The van der Waals surface area contributed by atoms with Crippen LogP contribution < -0.4 is 5.32 Å². The summed E-state index contributed by atoms with van der Waals surface area (Å²) in [6.45, 7) is 1.52. The number of esters is 1. The highest BCUT2D eigenvalue weighted by Gasteiger charge is 2.19. The van der Waals surface area contributed by atoms with E-state index in [4.69, 9.17) is 9.15 Å². The van der Waals surface area contributed by atoms with Gasteiger partial charge >= 0.3 is 5.97 Å². The number of nitrogens with one attached hydrogen (secondary N) is 1. The highest BCUT2D eigenvalue weighted by Crippen LogP contribution is 2.11. The zero-order valence-electron chi connectivity index (χ0n) is 11.6. The monoisotopic (exact) mass is 309 g/mol. The van der Waals surface area contributed by atoms with Crippen molar-refractivity contribution in [1.29, 1.82) is 0 Å². The molecule has 1 amide bonds. The van der Waals surface area contributed by atoms with Gasteiger partial charge in [0.15, 0.2) is 17.7 Å². The van der Waals surface area contributed by atoms with Gasteiger partial charge in [-0.05, 0) is 37.3 Å². The van der Waals surface area contributed by atoms with Gasteiger partial charge in [0.1, 0.15) is 5.76 Å². The second kappa shape index (κ2) is 6.84. The SMILES string of the molecule is C[C@@H](OC(=O)c1ccc(F)c(F)c1)C(=O)NCc1ccco1. The molecule has 0 saturated heterocycles. The summed E-state index contributed by atoms with van der Waals surface area (Å²) in [5.41, 5.74) is -0.176. The number of hydrogen-bond donors (Lipinski definition) is 1. The standard InChI is InChI=1S/C15H13F2NO4/c1-9(14(19)18-8-11-3-2-6-21-11)22-15(20)10-4-5-12(16)13(17)7-10/h2-7,9H,8H2,1H3,(H,18,19)/t9-/m1/s1. The molecule has 1 atom stereocenters. The van der Waals surface area contributed by atoms with Crippen LogP contribution in [0.2, 0.25) is 0 Å². The quantitative estimate of drug-likeness (QED) is 0.861. The van der Waals surface area contributed by atoms with Gasteiger partial charge in [-0.3, -0.25) is 4.79 Å². The molecule has 2 rings (SSSR count). The van der Waals surface area contributed by atoms with Crippen molar-refractivity contribution >= 4 is 11.9 Å². The maximum Gasteiger partial charge on any atom is 0.339 e. The second-order valence-electron chi connectivity index (χ2n) is 4.47. The molecule has 0 unspecified atom stereocenters. The summed E-state index contributed by atoms with van der Waals surface area (Å²) in [5, 5.41) is 2.52. The van der Waals surface area contributed by atoms with Crippen LogP contribution in [-0.2, 0) is 16.1 Å². The molecule has 1 heterocycles. The maximum atomic E-state index is 13.0. The van der Waals surface area contributed by atoms with E-state index in [1.807, 2.05) is 0 Å². The van der Waals surface area contributed by atoms with E-state index in [0.29, 0.717) is 11.8 Å². The van der Waals surface area contributed by atoms with Gasteiger partial charge < -0.3 is 14.5 Å². The molecule has 116 valence electrons. The molecule has 22 heavy (non-hydrogen) atoms. The van der Waals surface area contributed by atoms with Crippen molar-refractivity contribution in [3.8, 4) is 0 Å². The van der Waals surface area contributed by atoms with Crippen LogP contribution in [0, 0.1) is 11.6 Å². The van der Waals surface area contributed by atoms with Gasteiger partial charge in [-0.25, -0.2) is 13.6 Å². The van der Waals surface area contributed by atoms with Crippen LogP contribution in [0.5, 0.6) is 0 Å². The third kappa shape index (κ3) is 3.91. The van der Waals surface area contributed by atoms with Crippen LogP contribution in [0.25, 0.3) is 0 Å². The second-order valence-corrected chi connectivity index (χ2v) is 4.47. The zero-order chi connectivity index (χ0) is 16.1. The Kier molecular flexibility index (Phi) is 4.88. The van der Waals surface area contributed by atoms with Crippen LogP contribution in [0.3, 0.4) is 0 Å². The van der Waals surface area contributed by atoms with Crippen LogP contribution in [0.15, 0.2) is 41.0 Å². The molecular weight excluding hydrogens is 296 g/mol. The van der Waals surface area contributed by atoms with Crippen molar-refractivity contribution in [1.82, 2.24) is 5.32 Å². The van der Waals surface area contributed by atoms with Crippen LogP contribution in [-0.4, -0.2) is 18.0 Å². The van der Waals surface area contributed by atoms with Crippen molar-refractivity contribution in [3.63, 3.8) is 0 Å². The van der Waals surface area contributed by atoms with Gasteiger partial charge in [0.2, 0.25) is 0 Å². The Morgan fingerprint density at radius 3 is 2.68 bits per heavy atom. The molecule has 7 heteroatoms. The summed E-state index contributed by atoms with van der Waals surface area (Å²) in [6, 6.07) is 5.96. The third-order valence-electron chi connectivity index (χ3n) is 2.83. The number of amides is 1. The molecule has 0 fully saturated rings. The topological polar surface area (TPSA) is 68.5 Å². The lowest BCUT2D eigenvalue weighted by Crippen LogP contribution is -2.35. The largest absolute Gasteiger partial charge is 0.467 e. The molecule has 1 N–H and O–H groups in total. The summed E-state index contributed by atoms with van der Waals surface area (Å²) in [4.78, 5) is 23.5. The number of benzene rings is 1. The lowest BCUT2D eigenvalue weighted by atomic mass is 10.2. The average molecular weight is 309 g/mol. The number of carbonyl (C=O) groups is 2. The summed E-state index contributed by atoms with van der Waals surface area (Å²) in [6.07, 6.45) is 0.379. The van der Waals surface area contributed by atoms with Gasteiger partial charge in [0.25, 0.3) is 5.91 Å². The van der Waals surface area contributed by atoms with E-state index >= 15 is 0 Å². The van der Waals surface area contributed by atoms with E-state index in [1.54, 1.807) is 12.1 Å². The predicted octanol–water partition coefficient (Wildman–Crippen LogP) is 2.42. The fourth-order valence-corrected chi connectivity index (χ4v) is 1.64. The van der Waals surface area contributed by atoms with E-state index in [0.717, 1.165) is 12.1 Å². The number of carbonyl (C=O) groups excluding carboxylic acids is 2. The van der Waals surface area contributed by atoms with Gasteiger partial charge in [-0.15, -0.1) is 0 Å². The van der Waals surface area contributed by atoms with Crippen LogP contribution in [0.1, 0.15) is 23.0 Å². The molecule has 0 aliphatic heterocycles. The minimum absolute atomic E-state index is 0.152. The molecule has 2 aromatic rings. The molecule has 0 saturated carbocycles. The summed E-state index contributed by atoms with van der Waals surface area (Å²) < 4.78 is 35.8. The first-order chi connectivity index (χ1) is 10.5. The highest BCUT2D eigenvalue weighted by atomic mass is 19.2. The first kappa shape index (κ1) is 15.7. The van der Waals surface area contributed by atoms with Gasteiger partial charge in [-0.2, -0.15) is 0 Å². The van der Waals surface area contributed by atoms with E-state index in [9.17, 15) is 18.4 Å². The molecule has 0 bridgehead atoms. The Morgan fingerprint density at radius 2 is 2.05 bits per heavy atom. The number of hydrogen-bond acceptors (Lipinski definition) is 4. The summed E-state index contributed by atoms with van der Waals surface area (Å²) in [7, 11) is 0. The maximum absolute atomic E-state index is 13.0. The summed E-state index contributed by atoms with van der Waals surface area (Å²) in [5.74, 6) is -3.13. The van der Waals surface area contributed by atoms with E-state index in [1.165, 1.54) is 13.2 Å². The lowest BCUT2D eigenvalue weighted by Gasteiger charge is -2.13. The highest BCUT2D eigenvalue weighted by molar-refractivity contribution is 5.92. The normalized spacial score (nSPS) is 11.8. The Labute approximate surface area is 124 Å². The molecule has 0 radical (unpaired) electrons. The first-order valence-corrected chi connectivity index (χ1v) is 6.43. The molecule has 0 aliphatic rings. The lowest BCUT2D eigenvalue weighted by molar-refractivity contribution is -0.129. The van der Waals surface area contributed by atoms with Gasteiger partial charge in [0.05, 0.1) is 18.4 Å². The van der Waals surface area contributed by atoms with Crippen LogP contribution in [0.4, 0.5) is 8.78 Å². The van der Waals surface area contributed by atoms with Gasteiger partial charge in [-0.1, -0.05) is 0 Å². The Morgan fingerprint density at radius 1 is 1.27 bits per heavy atom. The van der Waals surface area contributed by atoms with E-state index in [-0.39, 0.29) is 12.1 Å². The van der Waals surface area contributed by atoms with Crippen molar-refractivity contribution in [3.05, 3.63) is 59.6 Å². The smallest absolute Gasteiger partial charge is 0.339 e. The van der Waals surface area contributed by atoms with Crippen molar-refractivity contribution in [2.45, 2.75) is 19.6 Å². The summed E-state index contributed by atoms with van der Waals surface area (Å²) >= 11 is 0. The minimum atomic E-state index is -1.16. The fraction of sp³-hybridized carbons (Fsp3) is 0.200. The van der Waals surface area contributed by atoms with Gasteiger partial charge in [0, 0.05) is 0 Å². The molecule has 0 aliphatic carbocycles. The Hall–Kier alpha value is -2.70. The molecule has 5 nitrogen and oxygen atoms in total. The fourth-order valence-electron chi connectivity index (χ4n) is 1.64. The molecule has 1 aromatic carbocycles. The first-order valence-electron chi connectivity index (χ1n) is 6.43. The Balaban J connectivity index is 1.89. The molecule has 0 spiro atoms. The third-order valence-corrected chi connectivity index (χ3v) is 2.83. The minimum Gasteiger partial charge on any atom is -0.467 e. The van der Waals surface area contributed by atoms with Crippen molar-refractivity contribution < 1.29 is 27.5 Å². The zero-order valence-corrected chi connectivity index (χ0v) is 11.6. The van der Waals surface area contributed by atoms with Crippen LogP contribution >= 0.6 is 0 Å². The van der Waals surface area contributed by atoms with E-state index in [2.05, 4.69) is 5.32 Å². The van der Waals surface area contributed by atoms with E-state index < -0.39 is 29.6 Å². The number of furan rings is 1. The number of halogens is 2. The molecular formula is C15H13F2NO4. The number of ether oxygens (including phenoxy) is 1. The number of rotatable bonds is 5. The Bertz CT molecular complexity index is 670. The molecule has 1 aromatic heterocycles. The van der Waals surface area contributed by atoms with Crippen molar-refractivity contribution in [2.24, 2.45) is 0 Å².